The van der Waals surface area contributed by atoms with Crippen molar-refractivity contribution < 1.29 is 19.4 Å². The van der Waals surface area contributed by atoms with Gasteiger partial charge in [0.1, 0.15) is 30.4 Å². The highest BCUT2D eigenvalue weighted by atomic mass is 127. The van der Waals surface area contributed by atoms with Crippen LogP contribution in [-0.4, -0.2) is 43.8 Å². The molecule has 0 saturated carbocycles. The number of pyridine rings is 1. The summed E-state index contributed by atoms with van der Waals surface area (Å²) in [6.07, 6.45) is -0.147. The maximum absolute atomic E-state index is 14.5. The van der Waals surface area contributed by atoms with Gasteiger partial charge in [0.05, 0.1) is 12.0 Å². The molecule has 3 rings (SSSR count). The number of aliphatic hydroxyl groups excluding tert-OH is 2. The molecule has 0 aliphatic rings. The largest absolute Gasteiger partial charge is 0.394 e. The van der Waals surface area contributed by atoms with Crippen molar-refractivity contribution in [1.82, 2.24) is 14.2 Å². The van der Waals surface area contributed by atoms with Crippen LogP contribution in [0.4, 0.5) is 10.1 Å². The van der Waals surface area contributed by atoms with E-state index in [0.717, 1.165) is 16.2 Å². The van der Waals surface area contributed by atoms with Crippen LogP contribution < -0.4 is 16.3 Å². The van der Waals surface area contributed by atoms with E-state index in [-0.39, 0.29) is 22.3 Å². The van der Waals surface area contributed by atoms with Crippen LogP contribution in [0.3, 0.4) is 0 Å². The van der Waals surface area contributed by atoms with Crippen molar-refractivity contribution in [2.24, 2.45) is 7.05 Å². The molecule has 9 nitrogen and oxygen atoms in total. The number of fused-ring (bicyclic) bond motifs is 1. The zero-order valence-corrected chi connectivity index (χ0v) is 16.8. The Bertz CT molecular complexity index is 1130. The van der Waals surface area contributed by atoms with Crippen LogP contribution in [0.1, 0.15) is 0 Å². The summed E-state index contributed by atoms with van der Waals surface area (Å²) in [5.41, 5.74) is -0.886. The van der Waals surface area contributed by atoms with Crippen molar-refractivity contribution >= 4 is 39.3 Å². The van der Waals surface area contributed by atoms with Gasteiger partial charge in [0.15, 0.2) is 5.82 Å². The van der Waals surface area contributed by atoms with E-state index in [1.54, 1.807) is 6.07 Å². The van der Waals surface area contributed by atoms with Crippen LogP contribution in [0, 0.1) is 9.39 Å². The molecule has 0 aliphatic heterocycles. The van der Waals surface area contributed by atoms with Crippen LogP contribution in [-0.2, 0) is 11.9 Å². The zero-order chi connectivity index (χ0) is 20.4. The van der Waals surface area contributed by atoms with Gasteiger partial charge in [0, 0.05) is 16.7 Å². The number of halogens is 2. The Morgan fingerprint density at radius 1 is 1.32 bits per heavy atom. The number of aliphatic hydroxyl groups is 2. The molecule has 0 fully saturated rings. The summed E-state index contributed by atoms with van der Waals surface area (Å²) in [4.78, 5) is 34.2. The molecule has 1 unspecified atom stereocenters. The maximum atomic E-state index is 14.5. The summed E-state index contributed by atoms with van der Waals surface area (Å²) >= 11 is 1.94. The lowest BCUT2D eigenvalue weighted by Crippen LogP contribution is -2.41. The number of benzene rings is 1. The van der Waals surface area contributed by atoms with E-state index >= 15 is 0 Å². The lowest BCUT2D eigenvalue weighted by molar-refractivity contribution is -0.0140. The number of hydrogen-bond acceptors (Lipinski definition) is 7. The summed E-state index contributed by atoms with van der Waals surface area (Å²) in [5, 5.41) is 19.5. The smallest absolute Gasteiger partial charge is 0.283 e. The quantitative estimate of drug-likeness (QED) is 0.371. The molecule has 2 heterocycles. The predicted octanol–water partition coefficient (Wildman–Crippen LogP) is 0.393. The molecule has 1 aromatic carbocycles. The Morgan fingerprint density at radius 3 is 2.75 bits per heavy atom. The first-order valence-electron chi connectivity index (χ1n) is 8.08. The van der Waals surface area contributed by atoms with E-state index < -0.39 is 30.7 Å². The van der Waals surface area contributed by atoms with Crippen LogP contribution in [0.2, 0.25) is 0 Å². The molecule has 28 heavy (non-hydrogen) atoms. The Hall–Kier alpha value is -2.35. The van der Waals surface area contributed by atoms with E-state index in [0.29, 0.717) is 3.57 Å². The molecule has 0 spiro atoms. The number of hydrogen-bond donors (Lipinski definition) is 2. The Labute approximate surface area is 171 Å². The molecule has 0 aliphatic carbocycles. The van der Waals surface area contributed by atoms with Gasteiger partial charge in [-0.2, -0.15) is 4.68 Å². The first-order valence-corrected chi connectivity index (χ1v) is 9.16. The van der Waals surface area contributed by atoms with Crippen LogP contribution in [0.25, 0.3) is 11.0 Å². The number of aryl methyl sites for hydroxylation is 1. The van der Waals surface area contributed by atoms with Gasteiger partial charge in [-0.3, -0.25) is 19.0 Å². The van der Waals surface area contributed by atoms with E-state index in [2.05, 4.69) is 4.98 Å². The molecular weight excluding hydrogens is 486 g/mol. The third kappa shape index (κ3) is 3.92. The Balaban J connectivity index is 2.17. The molecule has 2 aromatic heterocycles. The van der Waals surface area contributed by atoms with Gasteiger partial charge < -0.3 is 10.2 Å². The maximum Gasteiger partial charge on any atom is 0.283 e. The Morgan fingerprint density at radius 2 is 2.07 bits per heavy atom. The van der Waals surface area contributed by atoms with Gasteiger partial charge >= 0.3 is 0 Å². The van der Waals surface area contributed by atoms with Crippen LogP contribution in [0.5, 0.6) is 0 Å². The second kappa shape index (κ2) is 8.34. The Kier molecular flexibility index (Phi) is 6.07. The third-order valence-corrected chi connectivity index (χ3v) is 4.59. The molecule has 1 atom stereocenters. The molecule has 0 amide bonds. The third-order valence-electron chi connectivity index (χ3n) is 3.92. The first-order chi connectivity index (χ1) is 13.3. The summed E-state index contributed by atoms with van der Waals surface area (Å²) < 4.78 is 17.3. The van der Waals surface area contributed by atoms with Crippen molar-refractivity contribution in [2.75, 3.05) is 18.4 Å². The first kappa shape index (κ1) is 20.4. The topological polar surface area (TPSA) is 110 Å². The molecule has 0 bridgehead atoms. The predicted molar refractivity (Wildman–Crippen MR) is 107 cm³/mol. The van der Waals surface area contributed by atoms with Crippen molar-refractivity contribution in [3.63, 3.8) is 0 Å². The average molecular weight is 502 g/mol. The minimum Gasteiger partial charge on any atom is -0.394 e. The number of aromatic nitrogens is 3. The van der Waals surface area contributed by atoms with Crippen molar-refractivity contribution in [2.45, 2.75) is 6.10 Å². The highest BCUT2D eigenvalue weighted by molar-refractivity contribution is 14.1. The summed E-state index contributed by atoms with van der Waals surface area (Å²) in [6, 6.07) is 6.81. The molecular formula is C17H16FIN4O5. The van der Waals surface area contributed by atoms with Gasteiger partial charge in [0.2, 0.25) is 0 Å². The SMILES string of the molecule is Cn1c(=O)ccc2c(=O)n(N(OCC(O)CO)c3ccc(I)cc3F)cnc21. The van der Waals surface area contributed by atoms with Crippen LogP contribution >= 0.6 is 22.6 Å². The second-order valence-electron chi connectivity index (χ2n) is 5.86. The van der Waals surface area contributed by atoms with Crippen molar-refractivity contribution in [3.8, 4) is 0 Å². The van der Waals surface area contributed by atoms with Crippen molar-refractivity contribution in [1.29, 1.82) is 0 Å². The molecule has 0 saturated heterocycles. The second-order valence-corrected chi connectivity index (χ2v) is 7.11. The highest BCUT2D eigenvalue weighted by Gasteiger charge is 2.20. The molecule has 2 N–H and O–H groups in total. The number of rotatable bonds is 6. The van der Waals surface area contributed by atoms with Gasteiger partial charge in [-0.1, -0.05) is 0 Å². The number of nitrogens with zero attached hydrogens (tertiary/aromatic N) is 4. The minimum absolute atomic E-state index is 0.0985. The van der Waals surface area contributed by atoms with Gasteiger partial charge in [-0.15, -0.1) is 5.17 Å². The van der Waals surface area contributed by atoms with Crippen molar-refractivity contribution in [3.05, 3.63) is 66.8 Å². The highest BCUT2D eigenvalue weighted by Crippen LogP contribution is 2.22. The monoisotopic (exact) mass is 502 g/mol. The standard InChI is InChI=1S/C17H16FIN4O5/c1-21-15(26)5-3-12-16(21)20-9-22(17(12)27)23(28-8-11(25)7-24)14-4-2-10(19)6-13(14)18/h2-6,9,11,24-25H,7-8H2,1H3. The fourth-order valence-corrected chi connectivity index (χ4v) is 2.91. The van der Waals surface area contributed by atoms with Gasteiger partial charge in [0.25, 0.3) is 11.1 Å². The molecule has 0 radical (unpaired) electrons. The van der Waals surface area contributed by atoms with E-state index in [1.165, 1.54) is 35.9 Å². The normalized spacial score (nSPS) is 12.3. The van der Waals surface area contributed by atoms with Crippen LogP contribution in [0.15, 0.2) is 46.2 Å². The minimum atomic E-state index is -1.24. The van der Waals surface area contributed by atoms with E-state index in [9.17, 15) is 19.1 Å². The van der Waals surface area contributed by atoms with Gasteiger partial charge in [-0.05, 0) is 46.9 Å². The zero-order valence-electron chi connectivity index (χ0n) is 14.6. The summed E-state index contributed by atoms with van der Waals surface area (Å²) in [7, 11) is 1.48. The average Bonchev–Trinajstić information content (AvgIpc) is 2.67. The fourth-order valence-electron chi connectivity index (χ4n) is 2.46. The van der Waals surface area contributed by atoms with Gasteiger partial charge in [-0.25, -0.2) is 9.37 Å². The fraction of sp³-hybridized carbons (Fsp3) is 0.235. The molecule has 11 heteroatoms. The lowest BCUT2D eigenvalue weighted by Gasteiger charge is -2.26. The molecule has 3 aromatic rings. The van der Waals surface area contributed by atoms with E-state index in [1.807, 2.05) is 22.6 Å². The van der Waals surface area contributed by atoms with E-state index in [4.69, 9.17) is 9.94 Å². The molecule has 148 valence electrons. The summed E-state index contributed by atoms with van der Waals surface area (Å²) in [6.45, 7) is -0.977. The number of anilines is 1. The summed E-state index contributed by atoms with van der Waals surface area (Å²) in [5.74, 6) is -0.669. The lowest BCUT2D eigenvalue weighted by atomic mass is 10.3.